The summed E-state index contributed by atoms with van der Waals surface area (Å²) >= 11 is 5.22. The number of rotatable bonds is 3. The average molecular weight is 317 g/mol. The van der Waals surface area contributed by atoms with Gasteiger partial charge in [0.2, 0.25) is 0 Å². The zero-order valence-corrected chi connectivity index (χ0v) is 11.6. The van der Waals surface area contributed by atoms with Crippen molar-refractivity contribution in [3.63, 3.8) is 0 Å². The molecule has 0 aliphatic carbocycles. The molecule has 1 unspecified atom stereocenters. The Morgan fingerprint density at radius 3 is 2.59 bits per heavy atom. The minimum absolute atomic E-state index is 0.0705. The number of benzene rings is 1. The number of halogens is 3. The van der Waals surface area contributed by atoms with E-state index in [0.29, 0.717) is 12.0 Å². The van der Waals surface area contributed by atoms with Gasteiger partial charge in [0.05, 0.1) is 4.83 Å². The van der Waals surface area contributed by atoms with E-state index in [1.807, 2.05) is 19.1 Å². The fraction of sp³-hybridized carbons (Fsp3) is 0.231. The van der Waals surface area contributed by atoms with Crippen LogP contribution in [0.1, 0.15) is 20.1 Å². The maximum Gasteiger partial charge on any atom is 0.129 e. The molecule has 0 N–H and O–H groups in total. The summed E-state index contributed by atoms with van der Waals surface area (Å²) in [6, 6.07) is 7.78. The molecule has 1 heterocycles. The van der Waals surface area contributed by atoms with Crippen molar-refractivity contribution in [2.75, 3.05) is 0 Å². The molecule has 0 fully saturated rings. The van der Waals surface area contributed by atoms with Gasteiger partial charge >= 0.3 is 0 Å². The lowest BCUT2D eigenvalue weighted by atomic mass is 10.1. The van der Waals surface area contributed by atoms with E-state index >= 15 is 0 Å². The van der Waals surface area contributed by atoms with Gasteiger partial charge in [-0.2, -0.15) is 0 Å². The van der Waals surface area contributed by atoms with E-state index in [4.69, 9.17) is 0 Å². The Morgan fingerprint density at radius 2 is 2.00 bits per heavy atom. The lowest BCUT2D eigenvalue weighted by Crippen LogP contribution is -1.97. The molecule has 0 bridgehead atoms. The van der Waals surface area contributed by atoms with Crippen molar-refractivity contribution in [1.82, 2.24) is 0 Å². The fourth-order valence-electron chi connectivity index (χ4n) is 1.60. The first-order valence-electron chi connectivity index (χ1n) is 5.20. The van der Waals surface area contributed by atoms with E-state index in [1.54, 1.807) is 11.3 Å². The Morgan fingerprint density at radius 1 is 1.24 bits per heavy atom. The van der Waals surface area contributed by atoms with Gasteiger partial charge in [0.1, 0.15) is 11.6 Å². The molecule has 2 aromatic rings. The lowest BCUT2D eigenvalue weighted by Gasteiger charge is -2.08. The van der Waals surface area contributed by atoms with Crippen molar-refractivity contribution in [3.05, 3.63) is 57.3 Å². The molecule has 0 nitrogen and oxygen atoms in total. The highest BCUT2D eigenvalue weighted by atomic mass is 79.9. The zero-order chi connectivity index (χ0) is 12.4. The van der Waals surface area contributed by atoms with Crippen molar-refractivity contribution in [2.24, 2.45) is 0 Å². The first kappa shape index (κ1) is 12.7. The zero-order valence-electron chi connectivity index (χ0n) is 9.21. The summed E-state index contributed by atoms with van der Waals surface area (Å²) in [6.45, 7) is 2.03. The van der Waals surface area contributed by atoms with Gasteiger partial charge in [0.25, 0.3) is 0 Å². The van der Waals surface area contributed by atoms with Crippen molar-refractivity contribution in [2.45, 2.75) is 18.2 Å². The number of hydrogen-bond donors (Lipinski definition) is 0. The minimum Gasteiger partial charge on any atom is -0.207 e. The first-order valence-corrected chi connectivity index (χ1v) is 6.94. The third kappa shape index (κ3) is 3.13. The van der Waals surface area contributed by atoms with Crippen LogP contribution in [0.2, 0.25) is 0 Å². The molecule has 0 amide bonds. The molecular weight excluding hydrogens is 306 g/mol. The molecule has 4 heteroatoms. The predicted molar refractivity (Wildman–Crippen MR) is 70.8 cm³/mol. The Balaban J connectivity index is 2.15. The van der Waals surface area contributed by atoms with E-state index in [1.165, 1.54) is 17.0 Å². The third-order valence-corrected chi connectivity index (χ3v) is 4.72. The van der Waals surface area contributed by atoms with E-state index < -0.39 is 11.6 Å². The predicted octanol–water partition coefficient (Wildman–Crippen LogP) is 5.01. The van der Waals surface area contributed by atoms with Gasteiger partial charge in [-0.15, -0.1) is 11.3 Å². The Kier molecular flexibility index (Phi) is 3.94. The second-order valence-corrected chi connectivity index (χ2v) is 6.28. The molecule has 0 saturated heterocycles. The molecule has 0 radical (unpaired) electrons. The first-order chi connectivity index (χ1) is 8.06. The van der Waals surface area contributed by atoms with E-state index in [9.17, 15) is 8.78 Å². The van der Waals surface area contributed by atoms with Crippen LogP contribution in [-0.2, 0) is 6.42 Å². The maximum atomic E-state index is 13.5. The van der Waals surface area contributed by atoms with Crippen LogP contribution < -0.4 is 0 Å². The largest absolute Gasteiger partial charge is 0.207 e. The molecule has 17 heavy (non-hydrogen) atoms. The van der Waals surface area contributed by atoms with Crippen LogP contribution in [-0.4, -0.2) is 0 Å². The number of aryl methyl sites for hydroxylation is 1. The lowest BCUT2D eigenvalue weighted by molar-refractivity contribution is 0.571. The van der Waals surface area contributed by atoms with Gasteiger partial charge in [-0.25, -0.2) is 8.78 Å². The van der Waals surface area contributed by atoms with E-state index in [2.05, 4.69) is 15.9 Å². The monoisotopic (exact) mass is 316 g/mol. The van der Waals surface area contributed by atoms with E-state index in [0.717, 1.165) is 10.9 Å². The molecule has 1 atom stereocenters. The Bertz CT molecular complexity index is 522. The van der Waals surface area contributed by atoms with Crippen LogP contribution in [0, 0.1) is 18.6 Å². The summed E-state index contributed by atoms with van der Waals surface area (Å²) in [6.07, 6.45) is 0.520. The SMILES string of the molecule is Cc1ccc(C(Br)Cc2ccc(F)cc2F)s1. The van der Waals surface area contributed by atoms with Crippen molar-refractivity contribution in [1.29, 1.82) is 0 Å². The highest BCUT2D eigenvalue weighted by molar-refractivity contribution is 9.09. The minimum atomic E-state index is -0.538. The summed E-state index contributed by atoms with van der Waals surface area (Å²) in [4.78, 5) is 2.46. The highest BCUT2D eigenvalue weighted by Crippen LogP contribution is 2.32. The molecule has 1 aromatic carbocycles. The van der Waals surface area contributed by atoms with Crippen LogP contribution in [0.25, 0.3) is 0 Å². The molecule has 0 saturated carbocycles. The summed E-state index contributed by atoms with van der Waals surface area (Å²) in [7, 11) is 0. The second-order valence-electron chi connectivity index (χ2n) is 3.86. The average Bonchev–Trinajstić information content (AvgIpc) is 2.69. The second kappa shape index (κ2) is 5.27. The van der Waals surface area contributed by atoms with Crippen molar-refractivity contribution < 1.29 is 8.78 Å². The third-order valence-electron chi connectivity index (χ3n) is 2.48. The molecule has 0 aliphatic heterocycles. The van der Waals surface area contributed by atoms with Gasteiger partial charge < -0.3 is 0 Å². The molecule has 1 aromatic heterocycles. The van der Waals surface area contributed by atoms with Crippen LogP contribution in [0.15, 0.2) is 30.3 Å². The van der Waals surface area contributed by atoms with Gasteiger partial charge in [-0.1, -0.05) is 22.0 Å². The smallest absolute Gasteiger partial charge is 0.129 e. The molecular formula is C13H11BrF2S. The van der Waals surface area contributed by atoms with Gasteiger partial charge in [-0.3, -0.25) is 0 Å². The number of alkyl halides is 1. The van der Waals surface area contributed by atoms with Crippen LogP contribution >= 0.6 is 27.3 Å². The van der Waals surface area contributed by atoms with Crippen LogP contribution in [0.5, 0.6) is 0 Å². The van der Waals surface area contributed by atoms with Gasteiger partial charge in [-0.05, 0) is 37.1 Å². The molecule has 0 aliphatic rings. The molecule has 0 spiro atoms. The standard InChI is InChI=1S/C13H11BrF2S/c1-8-2-5-13(17-8)11(14)6-9-3-4-10(15)7-12(9)16/h2-5,7,11H,6H2,1H3. The summed E-state index contributed by atoms with van der Waals surface area (Å²) < 4.78 is 26.2. The maximum absolute atomic E-state index is 13.5. The normalized spacial score (nSPS) is 12.7. The Labute approximate surface area is 111 Å². The van der Waals surface area contributed by atoms with Gasteiger partial charge in [0, 0.05) is 15.8 Å². The summed E-state index contributed by atoms with van der Waals surface area (Å²) in [5, 5.41) is 0. The van der Waals surface area contributed by atoms with Crippen LogP contribution in [0.3, 0.4) is 0 Å². The summed E-state index contributed by atoms with van der Waals surface area (Å²) in [5.41, 5.74) is 0.527. The quantitative estimate of drug-likeness (QED) is 0.698. The molecule has 90 valence electrons. The fourth-order valence-corrected chi connectivity index (χ4v) is 3.24. The van der Waals surface area contributed by atoms with Crippen LogP contribution in [0.4, 0.5) is 8.78 Å². The molecule has 2 rings (SSSR count). The topological polar surface area (TPSA) is 0 Å². The highest BCUT2D eigenvalue weighted by Gasteiger charge is 2.13. The Hall–Kier alpha value is -0.740. The summed E-state index contributed by atoms with van der Waals surface area (Å²) in [5.74, 6) is -1.02. The number of hydrogen-bond acceptors (Lipinski definition) is 1. The van der Waals surface area contributed by atoms with Crippen molar-refractivity contribution >= 4 is 27.3 Å². The van der Waals surface area contributed by atoms with E-state index in [-0.39, 0.29) is 4.83 Å². The van der Waals surface area contributed by atoms with Crippen molar-refractivity contribution in [3.8, 4) is 0 Å². The van der Waals surface area contributed by atoms with Gasteiger partial charge in [0.15, 0.2) is 0 Å². The number of thiophene rings is 1.